The molecule has 0 bridgehead atoms. The van der Waals surface area contributed by atoms with Crippen molar-refractivity contribution in [2.24, 2.45) is 17.8 Å². The molecule has 0 aliphatic heterocycles. The van der Waals surface area contributed by atoms with Crippen LogP contribution < -0.4 is 0 Å². The molecule has 1 nitrogen and oxygen atoms in total. The normalized spacial score (nSPS) is 27.5. The predicted octanol–water partition coefficient (Wildman–Crippen LogP) is 4.54. The van der Waals surface area contributed by atoms with Crippen LogP contribution in [0.4, 0.5) is 13.2 Å². The largest absolute Gasteiger partial charge is 0.393 e. The molecule has 1 rings (SSSR count). The molecule has 1 N–H and O–H groups in total. The molecule has 3 unspecified atom stereocenters. The summed E-state index contributed by atoms with van der Waals surface area (Å²) in [4.78, 5) is 0. The van der Waals surface area contributed by atoms with E-state index in [9.17, 15) is 18.3 Å². The second-order valence-corrected chi connectivity index (χ2v) is 5.99. The minimum absolute atomic E-state index is 0.190. The van der Waals surface area contributed by atoms with Crippen LogP contribution in [0.15, 0.2) is 0 Å². The molecule has 1 aliphatic rings. The van der Waals surface area contributed by atoms with E-state index in [0.29, 0.717) is 25.2 Å². The highest BCUT2D eigenvalue weighted by molar-refractivity contribution is 4.85. The number of hydrogen-bond donors (Lipinski definition) is 1. The minimum Gasteiger partial charge on any atom is -0.393 e. The first-order valence-electron chi connectivity index (χ1n) is 7.07. The van der Waals surface area contributed by atoms with Gasteiger partial charge in [0.1, 0.15) is 0 Å². The Labute approximate surface area is 108 Å². The fraction of sp³-hybridized carbons (Fsp3) is 1.00. The van der Waals surface area contributed by atoms with E-state index in [1.165, 1.54) is 0 Å². The van der Waals surface area contributed by atoms with Crippen molar-refractivity contribution in [2.45, 2.75) is 71.1 Å². The predicted molar refractivity (Wildman–Crippen MR) is 66.2 cm³/mol. The van der Waals surface area contributed by atoms with Crippen LogP contribution in [0.25, 0.3) is 0 Å². The van der Waals surface area contributed by atoms with Gasteiger partial charge in [0.05, 0.1) is 12.0 Å². The molecule has 0 saturated heterocycles. The first-order chi connectivity index (χ1) is 8.32. The Morgan fingerprint density at radius 1 is 1.11 bits per heavy atom. The summed E-state index contributed by atoms with van der Waals surface area (Å²) in [6, 6.07) is 0. The first kappa shape index (κ1) is 15.8. The van der Waals surface area contributed by atoms with E-state index in [2.05, 4.69) is 13.8 Å². The molecule has 0 spiro atoms. The van der Waals surface area contributed by atoms with Crippen molar-refractivity contribution in [3.8, 4) is 0 Å². The summed E-state index contributed by atoms with van der Waals surface area (Å²) < 4.78 is 38.7. The smallest absolute Gasteiger partial charge is 0.392 e. The van der Waals surface area contributed by atoms with Gasteiger partial charge in [-0.05, 0) is 31.1 Å². The van der Waals surface area contributed by atoms with Crippen molar-refractivity contribution in [1.82, 2.24) is 0 Å². The maximum Gasteiger partial charge on any atom is 0.392 e. The van der Waals surface area contributed by atoms with Crippen molar-refractivity contribution in [3.05, 3.63) is 0 Å². The summed E-state index contributed by atoms with van der Waals surface area (Å²) >= 11 is 0. The van der Waals surface area contributed by atoms with Crippen molar-refractivity contribution in [3.63, 3.8) is 0 Å². The summed E-state index contributed by atoms with van der Waals surface area (Å²) in [7, 11) is 0. The fourth-order valence-corrected chi connectivity index (χ4v) is 2.98. The molecule has 3 atom stereocenters. The lowest BCUT2D eigenvalue weighted by Crippen LogP contribution is -2.39. The van der Waals surface area contributed by atoms with Gasteiger partial charge in [-0.2, -0.15) is 13.2 Å². The molecule has 0 aromatic heterocycles. The van der Waals surface area contributed by atoms with Crippen molar-refractivity contribution in [2.75, 3.05) is 0 Å². The van der Waals surface area contributed by atoms with Gasteiger partial charge < -0.3 is 5.11 Å². The summed E-state index contributed by atoms with van der Waals surface area (Å²) in [6.45, 7) is 4.18. The number of hydrogen-bond acceptors (Lipinski definition) is 1. The molecule has 0 amide bonds. The third-order valence-corrected chi connectivity index (χ3v) is 4.02. The molecule has 0 aromatic carbocycles. The summed E-state index contributed by atoms with van der Waals surface area (Å²) in [5.74, 6) is -1.33. The summed E-state index contributed by atoms with van der Waals surface area (Å²) in [6.07, 6.45) is -0.462. The number of halogens is 3. The fourth-order valence-electron chi connectivity index (χ4n) is 2.98. The Bertz CT molecular complexity index is 238. The Morgan fingerprint density at radius 2 is 1.72 bits per heavy atom. The molecule has 0 aromatic rings. The molecule has 1 fully saturated rings. The van der Waals surface area contributed by atoms with Gasteiger partial charge in [-0.25, -0.2) is 0 Å². The van der Waals surface area contributed by atoms with Crippen LogP contribution in [0.1, 0.15) is 58.8 Å². The molecule has 18 heavy (non-hydrogen) atoms. The zero-order valence-corrected chi connectivity index (χ0v) is 11.3. The van der Waals surface area contributed by atoms with Crippen LogP contribution in [0.3, 0.4) is 0 Å². The van der Waals surface area contributed by atoms with Crippen LogP contribution in [0.2, 0.25) is 0 Å². The van der Waals surface area contributed by atoms with Crippen LogP contribution >= 0.6 is 0 Å². The number of rotatable bonds is 5. The standard InChI is InChI=1S/C14H25F3O/c1-10(2)6-5-9-13(18)11-7-3-4-8-12(11)14(15,16)17/h10-13,18H,3-9H2,1-2H3. The molecule has 0 radical (unpaired) electrons. The molecule has 1 aliphatic carbocycles. The van der Waals surface area contributed by atoms with Gasteiger partial charge in [0, 0.05) is 0 Å². The molecule has 108 valence electrons. The minimum atomic E-state index is -4.15. The highest BCUT2D eigenvalue weighted by Gasteiger charge is 2.47. The van der Waals surface area contributed by atoms with Gasteiger partial charge in [-0.15, -0.1) is 0 Å². The van der Waals surface area contributed by atoms with E-state index in [0.717, 1.165) is 19.3 Å². The maximum atomic E-state index is 12.9. The van der Waals surface area contributed by atoms with E-state index in [-0.39, 0.29) is 6.42 Å². The lowest BCUT2D eigenvalue weighted by atomic mass is 9.74. The Morgan fingerprint density at radius 3 is 2.28 bits per heavy atom. The quantitative estimate of drug-likeness (QED) is 0.774. The number of alkyl halides is 3. The molecular formula is C14H25F3O. The Balaban J connectivity index is 2.49. The highest BCUT2D eigenvalue weighted by Crippen LogP contribution is 2.43. The molecule has 4 heteroatoms. The maximum absolute atomic E-state index is 12.9. The molecule has 0 heterocycles. The SMILES string of the molecule is CC(C)CCCC(O)C1CCCCC1C(F)(F)F. The van der Waals surface area contributed by atoms with Gasteiger partial charge in [0.2, 0.25) is 0 Å². The van der Waals surface area contributed by atoms with Crippen LogP contribution in [0.5, 0.6) is 0 Å². The second-order valence-electron chi connectivity index (χ2n) is 5.99. The molecular weight excluding hydrogens is 241 g/mol. The van der Waals surface area contributed by atoms with Crippen LogP contribution in [-0.4, -0.2) is 17.4 Å². The van der Waals surface area contributed by atoms with E-state index in [1.807, 2.05) is 0 Å². The van der Waals surface area contributed by atoms with Gasteiger partial charge in [0.15, 0.2) is 0 Å². The highest BCUT2D eigenvalue weighted by atomic mass is 19.4. The first-order valence-corrected chi connectivity index (χ1v) is 7.07. The summed E-state index contributed by atoms with van der Waals surface area (Å²) in [5, 5.41) is 10.0. The topological polar surface area (TPSA) is 20.2 Å². The van der Waals surface area contributed by atoms with E-state index >= 15 is 0 Å². The zero-order valence-electron chi connectivity index (χ0n) is 11.3. The number of aliphatic hydroxyl groups excluding tert-OH is 1. The second kappa shape index (κ2) is 6.78. The third kappa shape index (κ3) is 4.79. The van der Waals surface area contributed by atoms with Gasteiger partial charge in [-0.1, -0.05) is 39.5 Å². The Hall–Kier alpha value is -0.250. The number of aliphatic hydroxyl groups is 1. The average Bonchev–Trinajstić information content (AvgIpc) is 2.27. The van der Waals surface area contributed by atoms with Crippen molar-refractivity contribution < 1.29 is 18.3 Å². The van der Waals surface area contributed by atoms with E-state index < -0.39 is 24.1 Å². The van der Waals surface area contributed by atoms with Crippen LogP contribution in [-0.2, 0) is 0 Å². The van der Waals surface area contributed by atoms with Gasteiger partial charge >= 0.3 is 6.18 Å². The van der Waals surface area contributed by atoms with Crippen molar-refractivity contribution in [1.29, 1.82) is 0 Å². The third-order valence-electron chi connectivity index (χ3n) is 4.02. The lowest BCUT2D eigenvalue weighted by molar-refractivity contribution is -0.207. The van der Waals surface area contributed by atoms with Crippen molar-refractivity contribution >= 4 is 0 Å². The van der Waals surface area contributed by atoms with Gasteiger partial charge in [0.25, 0.3) is 0 Å². The average molecular weight is 266 g/mol. The van der Waals surface area contributed by atoms with E-state index in [1.54, 1.807) is 0 Å². The molecule has 1 saturated carbocycles. The zero-order chi connectivity index (χ0) is 13.8. The monoisotopic (exact) mass is 266 g/mol. The van der Waals surface area contributed by atoms with E-state index in [4.69, 9.17) is 0 Å². The van der Waals surface area contributed by atoms with Crippen LogP contribution in [0, 0.1) is 17.8 Å². The summed E-state index contributed by atoms with van der Waals surface area (Å²) in [5.41, 5.74) is 0. The Kier molecular flexibility index (Phi) is 5.96. The van der Waals surface area contributed by atoms with Gasteiger partial charge in [-0.3, -0.25) is 0 Å². The lowest BCUT2D eigenvalue weighted by Gasteiger charge is -2.36.